The number of hydrogen-bond acceptors (Lipinski definition) is 7. The van der Waals surface area contributed by atoms with Crippen molar-refractivity contribution in [2.45, 2.75) is 37.6 Å². The first kappa shape index (κ1) is 21.8. The van der Waals surface area contributed by atoms with Crippen LogP contribution >= 0.6 is 23.4 Å². The Labute approximate surface area is 188 Å². The zero-order chi connectivity index (χ0) is 22.3. The molecule has 0 bridgehead atoms. The molecule has 3 heterocycles. The molecule has 0 aromatic heterocycles. The van der Waals surface area contributed by atoms with Gasteiger partial charge in [-0.15, -0.1) is 11.8 Å². The predicted octanol–water partition coefficient (Wildman–Crippen LogP) is 1.90. The van der Waals surface area contributed by atoms with E-state index in [9.17, 15) is 24.0 Å². The van der Waals surface area contributed by atoms with E-state index in [1.165, 1.54) is 16.7 Å². The minimum Gasteiger partial charge on any atom is -0.457 e. The number of thioether (sulfide) groups is 1. The Bertz CT molecular complexity index is 951. The zero-order valence-corrected chi connectivity index (χ0v) is 18.4. The number of imide groups is 1. The number of carbonyl (C=O) groups is 5. The van der Waals surface area contributed by atoms with Crippen LogP contribution in [0.1, 0.15) is 36.5 Å². The van der Waals surface area contributed by atoms with E-state index in [0.717, 1.165) is 4.90 Å². The molecule has 1 aromatic rings. The molecular weight excluding hydrogens is 444 g/mol. The van der Waals surface area contributed by atoms with Crippen LogP contribution in [0.3, 0.4) is 0 Å². The molecule has 1 aromatic carbocycles. The van der Waals surface area contributed by atoms with Crippen LogP contribution in [0.5, 0.6) is 0 Å². The topological polar surface area (TPSA) is 101 Å². The van der Waals surface area contributed by atoms with E-state index in [4.69, 9.17) is 16.3 Å². The van der Waals surface area contributed by atoms with Crippen molar-refractivity contribution < 1.29 is 28.7 Å². The van der Waals surface area contributed by atoms with E-state index in [1.807, 2.05) is 0 Å². The van der Waals surface area contributed by atoms with E-state index in [1.54, 1.807) is 31.2 Å². The summed E-state index contributed by atoms with van der Waals surface area (Å²) in [4.78, 5) is 64.7. The molecular formula is C21H21ClN2O6S. The van der Waals surface area contributed by atoms with Crippen LogP contribution in [0.4, 0.5) is 0 Å². The molecule has 3 amide bonds. The molecule has 3 atom stereocenters. The molecule has 8 nitrogen and oxygen atoms in total. The van der Waals surface area contributed by atoms with Gasteiger partial charge in [-0.1, -0.05) is 11.6 Å². The van der Waals surface area contributed by atoms with Crippen molar-refractivity contribution >= 4 is 52.8 Å². The average molecular weight is 465 g/mol. The summed E-state index contributed by atoms with van der Waals surface area (Å²) >= 11 is 7.16. The van der Waals surface area contributed by atoms with Gasteiger partial charge in [0.15, 0.2) is 12.4 Å². The number of carbonyl (C=O) groups excluding carboxylic acids is 5. The highest BCUT2D eigenvalue weighted by Crippen LogP contribution is 2.44. The number of ether oxygens (including phenoxy) is 1. The summed E-state index contributed by atoms with van der Waals surface area (Å²) < 4.78 is 5.26. The number of piperidine rings is 1. The van der Waals surface area contributed by atoms with Crippen molar-refractivity contribution in [3.63, 3.8) is 0 Å². The number of benzene rings is 1. The molecule has 0 aliphatic carbocycles. The van der Waals surface area contributed by atoms with E-state index in [2.05, 4.69) is 0 Å². The fourth-order valence-electron chi connectivity index (χ4n) is 4.01. The number of amides is 3. The van der Waals surface area contributed by atoms with Gasteiger partial charge in [-0.25, -0.2) is 0 Å². The third-order valence-corrected chi connectivity index (χ3v) is 7.71. The van der Waals surface area contributed by atoms with Crippen molar-refractivity contribution in [3.05, 3.63) is 34.9 Å². The summed E-state index contributed by atoms with van der Waals surface area (Å²) in [6.07, 6.45) is 1.03. The highest BCUT2D eigenvalue weighted by Gasteiger charge is 2.59. The third kappa shape index (κ3) is 3.96. The first-order valence-corrected chi connectivity index (χ1v) is 11.4. The second kappa shape index (κ2) is 8.27. The monoisotopic (exact) mass is 464 g/mol. The van der Waals surface area contributed by atoms with Crippen LogP contribution in [0, 0.1) is 5.41 Å². The second-order valence-corrected chi connectivity index (χ2v) is 9.73. The molecule has 0 radical (unpaired) electrons. The third-order valence-electron chi connectivity index (χ3n) is 5.80. The highest BCUT2D eigenvalue weighted by molar-refractivity contribution is 8.00. The minimum atomic E-state index is -0.988. The fraction of sp³-hybridized carbons (Fsp3) is 0.476. The lowest BCUT2D eigenvalue weighted by molar-refractivity contribution is -0.173. The number of likely N-dealkylation sites (tertiary alicyclic amines) is 1. The average Bonchev–Trinajstić information content (AvgIpc) is 2.75. The van der Waals surface area contributed by atoms with Crippen LogP contribution in [0.25, 0.3) is 0 Å². The van der Waals surface area contributed by atoms with Gasteiger partial charge in [-0.05, 0) is 37.6 Å². The summed E-state index contributed by atoms with van der Waals surface area (Å²) in [5.74, 6) is -1.54. The number of nitrogens with zero attached hydrogens (tertiary/aromatic N) is 2. The number of β-lactam (4-membered cyclic amide) rings is 1. The molecule has 31 heavy (non-hydrogen) atoms. The normalized spacial score (nSPS) is 28.1. The van der Waals surface area contributed by atoms with Crippen LogP contribution < -0.4 is 0 Å². The summed E-state index contributed by atoms with van der Waals surface area (Å²) in [7, 11) is 0. The lowest BCUT2D eigenvalue weighted by atomic mass is 9.88. The number of Topliss-reactive ketones (excluding diaryl/α,β-unsaturated/α-hetero) is 1. The molecule has 4 rings (SSSR count). The molecule has 164 valence electrons. The van der Waals surface area contributed by atoms with Crippen LogP contribution in [0.2, 0.25) is 5.02 Å². The van der Waals surface area contributed by atoms with Crippen molar-refractivity contribution in [1.29, 1.82) is 0 Å². The summed E-state index contributed by atoms with van der Waals surface area (Å²) in [6, 6.07) is 5.49. The van der Waals surface area contributed by atoms with Gasteiger partial charge in [0.25, 0.3) is 0 Å². The smallest absolute Gasteiger partial charge is 0.314 e. The van der Waals surface area contributed by atoms with E-state index >= 15 is 0 Å². The fourth-order valence-corrected chi connectivity index (χ4v) is 5.67. The number of halogens is 1. The first-order chi connectivity index (χ1) is 14.7. The Morgan fingerprint density at radius 3 is 2.45 bits per heavy atom. The Hall–Kier alpha value is -2.39. The largest absolute Gasteiger partial charge is 0.457 e. The molecule has 3 fully saturated rings. The number of rotatable bonds is 5. The van der Waals surface area contributed by atoms with Gasteiger partial charge in [0, 0.05) is 35.7 Å². The van der Waals surface area contributed by atoms with Gasteiger partial charge in [-0.3, -0.25) is 28.9 Å². The van der Waals surface area contributed by atoms with Crippen LogP contribution in [-0.4, -0.2) is 69.6 Å². The SMILES string of the molecule is CC1(C(=O)OCC(=O)c2ccc(Cl)cc2)CS[C@@H]2C(N3C(=O)CCCC3=O)C(=O)N2C1. The van der Waals surface area contributed by atoms with Crippen molar-refractivity contribution in [3.8, 4) is 0 Å². The molecule has 3 aliphatic rings. The number of esters is 1. The lowest BCUT2D eigenvalue weighted by Crippen LogP contribution is -2.75. The molecule has 3 saturated heterocycles. The maximum Gasteiger partial charge on any atom is 0.314 e. The van der Waals surface area contributed by atoms with E-state index < -0.39 is 24.0 Å². The maximum atomic E-state index is 12.7. The van der Waals surface area contributed by atoms with Crippen LogP contribution in [-0.2, 0) is 23.9 Å². The molecule has 2 unspecified atom stereocenters. The predicted molar refractivity (Wildman–Crippen MR) is 112 cm³/mol. The van der Waals surface area contributed by atoms with Crippen molar-refractivity contribution in [1.82, 2.24) is 9.80 Å². The van der Waals surface area contributed by atoms with Gasteiger partial charge < -0.3 is 9.64 Å². The Kier molecular flexibility index (Phi) is 5.83. The lowest BCUT2D eigenvalue weighted by Gasteiger charge is -2.55. The Morgan fingerprint density at radius 2 is 1.81 bits per heavy atom. The Balaban J connectivity index is 1.36. The minimum absolute atomic E-state index is 0.115. The van der Waals surface area contributed by atoms with Gasteiger partial charge in [0.2, 0.25) is 17.7 Å². The highest BCUT2D eigenvalue weighted by atomic mass is 35.5. The van der Waals surface area contributed by atoms with Gasteiger partial charge >= 0.3 is 5.97 Å². The molecule has 0 N–H and O–H groups in total. The molecule has 10 heteroatoms. The number of hydrogen-bond donors (Lipinski definition) is 0. The van der Waals surface area contributed by atoms with Crippen LogP contribution in [0.15, 0.2) is 24.3 Å². The number of ketones is 1. The van der Waals surface area contributed by atoms with Crippen molar-refractivity contribution in [2.24, 2.45) is 5.41 Å². The molecule has 3 aliphatic heterocycles. The second-order valence-electron chi connectivity index (χ2n) is 8.19. The number of fused-ring (bicyclic) bond motifs is 1. The Morgan fingerprint density at radius 1 is 1.16 bits per heavy atom. The van der Waals surface area contributed by atoms with E-state index in [-0.39, 0.29) is 48.3 Å². The zero-order valence-electron chi connectivity index (χ0n) is 16.8. The summed E-state index contributed by atoms with van der Waals surface area (Å²) in [6.45, 7) is 1.39. The van der Waals surface area contributed by atoms with Crippen molar-refractivity contribution in [2.75, 3.05) is 18.9 Å². The standard InChI is InChI=1S/C21H21ClN2O6S/c1-21(20(29)30-9-14(25)12-5-7-13(22)8-6-12)10-23-18(28)17(19(23)31-11-21)24-15(26)3-2-4-16(24)27/h5-8,17,19H,2-4,9-11H2,1H3/t17?,19-,21?/m1/s1. The van der Waals surface area contributed by atoms with Gasteiger partial charge in [0.1, 0.15) is 11.4 Å². The maximum absolute atomic E-state index is 12.7. The quantitative estimate of drug-likeness (QED) is 0.284. The van der Waals surface area contributed by atoms with Gasteiger partial charge in [0.05, 0.1) is 5.41 Å². The molecule has 0 spiro atoms. The van der Waals surface area contributed by atoms with E-state index in [0.29, 0.717) is 22.8 Å². The molecule has 0 saturated carbocycles. The summed E-state index contributed by atoms with van der Waals surface area (Å²) in [5, 5.41) is 0.149. The van der Waals surface area contributed by atoms with Gasteiger partial charge in [-0.2, -0.15) is 0 Å². The first-order valence-electron chi connectivity index (χ1n) is 9.94. The summed E-state index contributed by atoms with van der Waals surface area (Å²) in [5.41, 5.74) is -0.602.